The minimum atomic E-state index is -3.73. The molecule has 0 atom stereocenters. The van der Waals surface area contributed by atoms with Crippen LogP contribution < -0.4 is 5.32 Å². The van der Waals surface area contributed by atoms with E-state index in [0.717, 1.165) is 4.88 Å². The number of hydrogen-bond donors (Lipinski definition) is 1. The summed E-state index contributed by atoms with van der Waals surface area (Å²) in [5.41, 5.74) is 1.22. The second-order valence-corrected chi connectivity index (χ2v) is 10.0. The van der Waals surface area contributed by atoms with Crippen molar-refractivity contribution < 1.29 is 13.2 Å². The van der Waals surface area contributed by atoms with E-state index in [4.69, 9.17) is 0 Å². The van der Waals surface area contributed by atoms with Crippen LogP contribution in [-0.4, -0.2) is 14.3 Å². The smallest absolute Gasteiger partial charge is 0.251 e. The van der Waals surface area contributed by atoms with Crippen molar-refractivity contribution >= 4 is 38.4 Å². The van der Waals surface area contributed by atoms with Gasteiger partial charge in [0, 0.05) is 26.3 Å². The Balaban J connectivity index is 1.73. The Bertz CT molecular complexity index is 1210. The first-order valence-electron chi connectivity index (χ1n) is 8.85. The van der Waals surface area contributed by atoms with Crippen LogP contribution in [0.5, 0.6) is 0 Å². The number of carbonyl (C=O) groups excluding carboxylic acids is 1. The first-order valence-corrected chi connectivity index (χ1v) is 12.1. The zero-order valence-corrected chi connectivity index (χ0v) is 17.7. The van der Waals surface area contributed by atoms with Crippen molar-refractivity contribution in [3.63, 3.8) is 0 Å². The van der Waals surface area contributed by atoms with E-state index in [1.165, 1.54) is 22.7 Å². The van der Waals surface area contributed by atoms with Gasteiger partial charge in [0.1, 0.15) is 0 Å². The van der Waals surface area contributed by atoms with Crippen molar-refractivity contribution in [3.05, 3.63) is 94.0 Å². The van der Waals surface area contributed by atoms with Crippen LogP contribution in [0.25, 0.3) is 10.4 Å². The summed E-state index contributed by atoms with van der Waals surface area (Å²) in [6.07, 6.45) is 0. The highest BCUT2D eigenvalue weighted by molar-refractivity contribution is 7.91. The van der Waals surface area contributed by atoms with Gasteiger partial charge in [-0.2, -0.15) is 0 Å². The van der Waals surface area contributed by atoms with Crippen molar-refractivity contribution in [2.45, 2.75) is 16.3 Å². The number of carbonyl (C=O) groups is 1. The summed E-state index contributed by atoms with van der Waals surface area (Å²) in [6.45, 7) is 0.144. The fourth-order valence-electron chi connectivity index (χ4n) is 2.98. The molecule has 4 rings (SSSR count). The summed E-state index contributed by atoms with van der Waals surface area (Å²) >= 11 is 2.84. The molecule has 0 saturated heterocycles. The first kappa shape index (κ1) is 19.6. The van der Waals surface area contributed by atoms with Crippen molar-refractivity contribution in [1.29, 1.82) is 0 Å². The van der Waals surface area contributed by atoms with Gasteiger partial charge < -0.3 is 5.32 Å². The number of benzene rings is 2. The van der Waals surface area contributed by atoms with Gasteiger partial charge in [-0.3, -0.25) is 4.79 Å². The van der Waals surface area contributed by atoms with Gasteiger partial charge in [0.15, 0.2) is 0 Å². The van der Waals surface area contributed by atoms with E-state index in [0.29, 0.717) is 16.0 Å². The van der Waals surface area contributed by atoms with Crippen LogP contribution in [0, 0.1) is 0 Å². The molecule has 146 valence electrons. The fourth-order valence-corrected chi connectivity index (χ4v) is 6.87. The van der Waals surface area contributed by atoms with E-state index in [2.05, 4.69) is 5.32 Å². The molecular weight excluding hydrogens is 422 g/mol. The SMILES string of the molecule is O=C(NCc1scc(-c2cccs2)c1S(=O)(=O)c1ccccc1)c1ccccc1. The highest BCUT2D eigenvalue weighted by Crippen LogP contribution is 2.40. The Kier molecular flexibility index (Phi) is 5.62. The van der Waals surface area contributed by atoms with Gasteiger partial charge in [-0.05, 0) is 35.7 Å². The van der Waals surface area contributed by atoms with Crippen LogP contribution in [0.15, 0.2) is 93.3 Å². The predicted octanol–water partition coefficient (Wildman–Crippen LogP) is 5.24. The lowest BCUT2D eigenvalue weighted by Crippen LogP contribution is -2.23. The molecule has 29 heavy (non-hydrogen) atoms. The third-order valence-electron chi connectivity index (χ3n) is 4.37. The van der Waals surface area contributed by atoms with Crippen molar-refractivity contribution in [3.8, 4) is 10.4 Å². The van der Waals surface area contributed by atoms with Crippen LogP contribution in [0.3, 0.4) is 0 Å². The number of thiophene rings is 2. The number of sulfone groups is 1. The molecule has 2 aromatic heterocycles. The molecular formula is C22H17NO3S3. The topological polar surface area (TPSA) is 63.2 Å². The zero-order chi connectivity index (χ0) is 20.3. The molecule has 0 saturated carbocycles. The molecule has 1 N–H and O–H groups in total. The summed E-state index contributed by atoms with van der Waals surface area (Å²) in [5.74, 6) is -0.236. The summed E-state index contributed by atoms with van der Waals surface area (Å²) in [6, 6.07) is 21.1. The molecule has 0 aliphatic rings. The van der Waals surface area contributed by atoms with Crippen molar-refractivity contribution in [1.82, 2.24) is 5.32 Å². The summed E-state index contributed by atoms with van der Waals surface area (Å²) < 4.78 is 26.9. The number of rotatable bonds is 6. The van der Waals surface area contributed by atoms with Gasteiger partial charge in [0.2, 0.25) is 9.84 Å². The van der Waals surface area contributed by atoms with E-state index >= 15 is 0 Å². The van der Waals surface area contributed by atoms with Crippen molar-refractivity contribution in [2.24, 2.45) is 0 Å². The first-order chi connectivity index (χ1) is 14.1. The molecule has 7 heteroatoms. The van der Waals surface area contributed by atoms with Crippen LogP contribution in [-0.2, 0) is 16.4 Å². The zero-order valence-electron chi connectivity index (χ0n) is 15.2. The van der Waals surface area contributed by atoms with E-state index in [-0.39, 0.29) is 22.2 Å². The van der Waals surface area contributed by atoms with Gasteiger partial charge in [0.05, 0.1) is 16.3 Å². The lowest BCUT2D eigenvalue weighted by Gasteiger charge is -2.10. The lowest BCUT2D eigenvalue weighted by molar-refractivity contribution is 0.0951. The van der Waals surface area contributed by atoms with E-state index in [9.17, 15) is 13.2 Å². The number of amides is 1. The standard InChI is InChI=1S/C22H17NO3S3/c24-22(16-8-3-1-4-9-16)23-14-20-21(18(15-28-20)19-12-7-13-27-19)29(25,26)17-10-5-2-6-11-17/h1-13,15H,14H2,(H,23,24). The van der Waals surface area contributed by atoms with Gasteiger partial charge in [-0.25, -0.2) is 8.42 Å². The minimum absolute atomic E-state index is 0.144. The Morgan fingerprint density at radius 1 is 0.862 bits per heavy atom. The average Bonchev–Trinajstić information content (AvgIpc) is 3.43. The molecule has 0 bridgehead atoms. The maximum Gasteiger partial charge on any atom is 0.251 e. The Labute approximate surface area is 177 Å². The number of hydrogen-bond acceptors (Lipinski definition) is 5. The quantitative estimate of drug-likeness (QED) is 0.447. The molecule has 0 aliphatic carbocycles. The molecule has 0 fully saturated rings. The molecule has 0 aliphatic heterocycles. The third-order valence-corrected chi connectivity index (χ3v) is 8.29. The third kappa shape index (κ3) is 4.03. The summed E-state index contributed by atoms with van der Waals surface area (Å²) in [7, 11) is -3.73. The second-order valence-electron chi connectivity index (χ2n) is 6.24. The Hall–Kier alpha value is -2.74. The van der Waals surface area contributed by atoms with E-state index in [1.807, 2.05) is 29.0 Å². The van der Waals surface area contributed by atoms with Gasteiger partial charge in [-0.1, -0.05) is 42.5 Å². The highest BCUT2D eigenvalue weighted by atomic mass is 32.2. The van der Waals surface area contributed by atoms with Gasteiger partial charge in [-0.15, -0.1) is 22.7 Å². The molecule has 0 unspecified atom stereocenters. The predicted molar refractivity (Wildman–Crippen MR) is 117 cm³/mol. The summed E-state index contributed by atoms with van der Waals surface area (Å²) in [4.78, 5) is 14.4. The maximum atomic E-state index is 13.4. The Morgan fingerprint density at radius 3 is 2.21 bits per heavy atom. The van der Waals surface area contributed by atoms with Crippen LogP contribution in [0.2, 0.25) is 0 Å². The summed E-state index contributed by atoms with van der Waals surface area (Å²) in [5, 5.41) is 6.62. The van der Waals surface area contributed by atoms with Gasteiger partial charge >= 0.3 is 0 Å². The monoisotopic (exact) mass is 439 g/mol. The van der Waals surface area contributed by atoms with Gasteiger partial charge in [0.25, 0.3) is 5.91 Å². The van der Waals surface area contributed by atoms with Crippen LogP contribution in [0.4, 0.5) is 0 Å². The van der Waals surface area contributed by atoms with E-state index < -0.39 is 9.84 Å². The normalized spacial score (nSPS) is 11.3. The lowest BCUT2D eigenvalue weighted by atomic mass is 10.2. The minimum Gasteiger partial charge on any atom is -0.347 e. The molecule has 4 nitrogen and oxygen atoms in total. The molecule has 1 amide bonds. The highest BCUT2D eigenvalue weighted by Gasteiger charge is 2.28. The number of nitrogens with one attached hydrogen (secondary N) is 1. The molecule has 4 aromatic rings. The molecule has 0 spiro atoms. The molecule has 0 radical (unpaired) electrons. The maximum absolute atomic E-state index is 13.4. The fraction of sp³-hybridized carbons (Fsp3) is 0.0455. The molecule has 2 heterocycles. The van der Waals surface area contributed by atoms with Crippen molar-refractivity contribution in [2.75, 3.05) is 0 Å². The second kappa shape index (κ2) is 8.32. The Morgan fingerprint density at radius 2 is 1.55 bits per heavy atom. The average molecular weight is 440 g/mol. The largest absolute Gasteiger partial charge is 0.347 e. The van der Waals surface area contributed by atoms with E-state index in [1.54, 1.807) is 54.6 Å². The molecule has 2 aromatic carbocycles. The van der Waals surface area contributed by atoms with Crippen LogP contribution >= 0.6 is 22.7 Å². The van der Waals surface area contributed by atoms with Crippen LogP contribution in [0.1, 0.15) is 15.2 Å².